The van der Waals surface area contributed by atoms with Crippen molar-refractivity contribution in [2.75, 3.05) is 36.9 Å². The molecule has 4 heterocycles. The number of fused-ring (bicyclic) bond motifs is 1. The summed E-state index contributed by atoms with van der Waals surface area (Å²) in [5, 5.41) is 8.16. The average Bonchev–Trinajstić information content (AvgIpc) is 3.17. The van der Waals surface area contributed by atoms with Crippen molar-refractivity contribution in [3.8, 4) is 5.82 Å². The van der Waals surface area contributed by atoms with Gasteiger partial charge in [-0.2, -0.15) is 4.98 Å². The van der Waals surface area contributed by atoms with Gasteiger partial charge in [-0.05, 0) is 64.6 Å². The van der Waals surface area contributed by atoms with Gasteiger partial charge in [0.15, 0.2) is 11.5 Å². The molecule has 0 amide bonds. The molecule has 3 aromatic heterocycles. The highest BCUT2D eigenvalue weighted by molar-refractivity contribution is 5.77. The Balaban J connectivity index is 1.52. The second kappa shape index (κ2) is 10.5. The second-order valence-electron chi connectivity index (χ2n) is 10.4. The van der Waals surface area contributed by atoms with Crippen LogP contribution in [0.4, 0.5) is 17.3 Å². The first-order chi connectivity index (χ1) is 18.7. The summed E-state index contributed by atoms with van der Waals surface area (Å²) in [5.74, 6) is 0.757. The highest BCUT2D eigenvalue weighted by atomic mass is 16.1. The topological polar surface area (TPSA) is 106 Å². The summed E-state index contributed by atoms with van der Waals surface area (Å²) in [6.45, 7) is 15.2. The number of piperazine rings is 1. The van der Waals surface area contributed by atoms with Gasteiger partial charge in [0.05, 0.1) is 12.6 Å². The Morgan fingerprint density at radius 2 is 1.97 bits per heavy atom. The zero-order chi connectivity index (χ0) is 27.8. The molecule has 11 nitrogen and oxygen atoms in total. The van der Waals surface area contributed by atoms with Crippen molar-refractivity contribution in [1.29, 1.82) is 0 Å². The fraction of sp³-hybridized carbons (Fsp3) is 0.393. The maximum Gasteiger partial charge on any atom is 0.278 e. The minimum Gasteiger partial charge on any atom is -0.368 e. The number of benzene rings is 1. The van der Waals surface area contributed by atoms with E-state index in [-0.39, 0.29) is 23.7 Å². The molecule has 1 aromatic carbocycles. The minimum absolute atomic E-state index is 0.147. The lowest BCUT2D eigenvalue weighted by Crippen LogP contribution is -2.50. The van der Waals surface area contributed by atoms with Crippen LogP contribution in [-0.4, -0.2) is 66.7 Å². The van der Waals surface area contributed by atoms with Crippen LogP contribution in [-0.2, 0) is 6.54 Å². The van der Waals surface area contributed by atoms with E-state index in [0.717, 1.165) is 30.9 Å². The first-order valence-electron chi connectivity index (χ1n) is 13.2. The molecule has 1 atom stereocenters. The van der Waals surface area contributed by atoms with Crippen LogP contribution in [0.25, 0.3) is 16.9 Å². The van der Waals surface area contributed by atoms with E-state index < -0.39 is 0 Å². The van der Waals surface area contributed by atoms with Crippen LogP contribution in [0.1, 0.15) is 32.4 Å². The third kappa shape index (κ3) is 4.97. The molecule has 204 valence electrons. The van der Waals surface area contributed by atoms with Crippen LogP contribution < -0.4 is 21.3 Å². The number of likely N-dealkylation sites (N-methyl/N-ethyl adjacent to an activating group) is 1. The molecule has 39 heavy (non-hydrogen) atoms. The van der Waals surface area contributed by atoms with Crippen LogP contribution in [0.2, 0.25) is 0 Å². The number of hydrogen-bond acceptors (Lipinski definition) is 8. The molecule has 0 radical (unpaired) electrons. The molecule has 4 aromatic rings. The molecule has 1 fully saturated rings. The Labute approximate surface area is 227 Å². The summed E-state index contributed by atoms with van der Waals surface area (Å²) in [7, 11) is 2.17. The number of aromatic nitrogens is 6. The average molecular weight is 530 g/mol. The summed E-state index contributed by atoms with van der Waals surface area (Å²) in [5.41, 5.74) is 3.14. The van der Waals surface area contributed by atoms with Crippen molar-refractivity contribution in [2.24, 2.45) is 0 Å². The Kier molecular flexibility index (Phi) is 7.09. The summed E-state index contributed by atoms with van der Waals surface area (Å²) in [4.78, 5) is 39.5. The summed E-state index contributed by atoms with van der Waals surface area (Å²) < 4.78 is 4.49. The number of allylic oxidation sites excluding steroid dienone is 1. The van der Waals surface area contributed by atoms with E-state index in [9.17, 15) is 9.59 Å². The van der Waals surface area contributed by atoms with Gasteiger partial charge in [-0.3, -0.25) is 9.59 Å². The van der Waals surface area contributed by atoms with Crippen LogP contribution >= 0.6 is 0 Å². The fourth-order valence-corrected chi connectivity index (χ4v) is 4.99. The molecule has 0 aliphatic carbocycles. The molecule has 0 unspecified atom stereocenters. The van der Waals surface area contributed by atoms with Crippen molar-refractivity contribution in [3.63, 3.8) is 0 Å². The molecule has 0 spiro atoms. The summed E-state index contributed by atoms with van der Waals surface area (Å²) >= 11 is 0. The molecule has 1 aliphatic heterocycles. The Morgan fingerprint density at radius 3 is 2.67 bits per heavy atom. The zero-order valence-electron chi connectivity index (χ0n) is 23.1. The Bertz CT molecular complexity index is 1650. The summed E-state index contributed by atoms with van der Waals surface area (Å²) in [6.07, 6.45) is 3.15. The first-order valence-corrected chi connectivity index (χ1v) is 13.2. The van der Waals surface area contributed by atoms with Gasteiger partial charge in [0.1, 0.15) is 5.39 Å². The van der Waals surface area contributed by atoms with E-state index in [1.807, 2.05) is 19.9 Å². The molecule has 1 saturated heterocycles. The van der Waals surface area contributed by atoms with Gasteiger partial charge >= 0.3 is 0 Å². The third-order valence-electron chi connectivity index (χ3n) is 7.25. The molecule has 11 heteroatoms. The lowest BCUT2D eigenvalue weighted by molar-refractivity contribution is 0.234. The number of aryl methyl sites for hydroxylation is 1. The van der Waals surface area contributed by atoms with E-state index in [0.29, 0.717) is 28.8 Å². The quantitative estimate of drug-likeness (QED) is 0.364. The monoisotopic (exact) mass is 529 g/mol. The van der Waals surface area contributed by atoms with Crippen LogP contribution in [0.15, 0.2) is 58.8 Å². The van der Waals surface area contributed by atoms with Crippen molar-refractivity contribution >= 4 is 28.4 Å². The number of nitrogens with one attached hydrogen (secondary N) is 1. The zero-order valence-corrected chi connectivity index (χ0v) is 23.1. The van der Waals surface area contributed by atoms with E-state index in [2.05, 4.69) is 64.8 Å². The lowest BCUT2D eigenvalue weighted by atomic mass is 10.1. The number of hydrogen-bond donors (Lipinski definition) is 1. The van der Waals surface area contributed by atoms with Crippen molar-refractivity contribution < 1.29 is 0 Å². The van der Waals surface area contributed by atoms with Crippen LogP contribution in [0, 0.1) is 6.92 Å². The molecular weight excluding hydrogens is 494 g/mol. The molecule has 0 bridgehead atoms. The van der Waals surface area contributed by atoms with E-state index in [1.54, 1.807) is 16.8 Å². The van der Waals surface area contributed by atoms with Gasteiger partial charge in [0.2, 0.25) is 5.95 Å². The first kappa shape index (κ1) is 26.4. The number of anilines is 3. The van der Waals surface area contributed by atoms with Gasteiger partial charge in [-0.1, -0.05) is 6.08 Å². The number of nitrogens with zero attached hydrogens (tertiary/aromatic N) is 8. The molecule has 1 aliphatic rings. The molecular formula is C28H35N9O2. The van der Waals surface area contributed by atoms with Gasteiger partial charge in [-0.15, -0.1) is 11.7 Å². The highest BCUT2D eigenvalue weighted by Crippen LogP contribution is 2.27. The SMILES string of the molecule is C=CCn1c(=O)c2cnc(Nc3ccc(N4CCN(C)[C@H](C)C4)c(C)c3)nc2n1-c1ccc(=O)n(C(C)C)n1. The van der Waals surface area contributed by atoms with Crippen molar-refractivity contribution in [2.45, 2.75) is 46.3 Å². The highest BCUT2D eigenvalue weighted by Gasteiger charge is 2.22. The predicted octanol–water partition coefficient (Wildman–Crippen LogP) is 3.10. The molecule has 5 rings (SSSR count). The maximum atomic E-state index is 13.2. The van der Waals surface area contributed by atoms with E-state index >= 15 is 0 Å². The van der Waals surface area contributed by atoms with Crippen LogP contribution in [0.5, 0.6) is 0 Å². The van der Waals surface area contributed by atoms with Crippen molar-refractivity contribution in [3.05, 3.63) is 75.5 Å². The van der Waals surface area contributed by atoms with Gasteiger partial charge < -0.3 is 15.1 Å². The molecule has 1 N–H and O–H groups in total. The predicted molar refractivity (Wildman–Crippen MR) is 155 cm³/mol. The fourth-order valence-electron chi connectivity index (χ4n) is 4.99. The third-order valence-corrected chi connectivity index (χ3v) is 7.25. The summed E-state index contributed by atoms with van der Waals surface area (Å²) in [6, 6.07) is 9.63. The minimum atomic E-state index is -0.262. The van der Waals surface area contributed by atoms with E-state index in [4.69, 9.17) is 4.98 Å². The van der Waals surface area contributed by atoms with E-state index in [1.165, 1.54) is 27.3 Å². The van der Waals surface area contributed by atoms with Crippen LogP contribution in [0.3, 0.4) is 0 Å². The number of rotatable bonds is 7. The molecule has 0 saturated carbocycles. The van der Waals surface area contributed by atoms with Gasteiger partial charge in [0.25, 0.3) is 11.1 Å². The normalized spacial score (nSPS) is 16.3. The maximum absolute atomic E-state index is 13.2. The lowest BCUT2D eigenvalue weighted by Gasteiger charge is -2.39. The Hall–Kier alpha value is -4.25. The smallest absolute Gasteiger partial charge is 0.278 e. The van der Waals surface area contributed by atoms with Gasteiger partial charge in [0, 0.05) is 49.3 Å². The standard InChI is InChI=1S/C28H35N9O2/c1-7-12-35-27(39)22-16-29-28(31-26(22)37(35)24-10-11-25(38)36(32-24)18(2)3)30-21-8-9-23(19(4)15-21)34-14-13-33(6)20(5)17-34/h7-11,15-16,18,20H,1,12-14,17H2,2-6H3,(H,29,30,31)/t20-/m1/s1. The largest absolute Gasteiger partial charge is 0.368 e. The Morgan fingerprint density at radius 1 is 1.18 bits per heavy atom. The van der Waals surface area contributed by atoms with Crippen molar-refractivity contribution in [1.82, 2.24) is 34.0 Å². The second-order valence-corrected chi connectivity index (χ2v) is 10.4. The van der Waals surface area contributed by atoms with Gasteiger partial charge in [-0.25, -0.2) is 19.0 Å².